The van der Waals surface area contributed by atoms with Gasteiger partial charge in [-0.25, -0.2) is 4.79 Å². The molecule has 3 atom stereocenters. The Morgan fingerprint density at radius 3 is 2.60 bits per heavy atom. The molecule has 1 fully saturated rings. The van der Waals surface area contributed by atoms with Gasteiger partial charge in [0.25, 0.3) is 0 Å². The lowest BCUT2D eigenvalue weighted by Gasteiger charge is -2.31. The molecule has 2 heterocycles. The Labute approximate surface area is 186 Å². The van der Waals surface area contributed by atoms with Gasteiger partial charge in [-0.05, 0) is 23.6 Å². The Kier molecular flexibility index (Phi) is 7.55. The SMILES string of the molecule is CC(C)[C@H]1CSC(=S)N1C(=O)[C@H](C)[C@@H](NC(=O)OCc1ccccc1)c1ccco1. The molecule has 0 saturated carbocycles. The van der Waals surface area contributed by atoms with Gasteiger partial charge in [0, 0.05) is 11.8 Å². The van der Waals surface area contributed by atoms with Crippen molar-refractivity contribution in [2.75, 3.05) is 5.75 Å². The second kappa shape index (κ2) is 10.1. The molecule has 30 heavy (non-hydrogen) atoms. The summed E-state index contributed by atoms with van der Waals surface area (Å²) in [5.74, 6) is 0.838. The predicted octanol–water partition coefficient (Wildman–Crippen LogP) is 4.77. The zero-order valence-corrected chi connectivity index (χ0v) is 18.9. The van der Waals surface area contributed by atoms with E-state index in [2.05, 4.69) is 19.2 Å². The molecule has 1 aliphatic rings. The minimum atomic E-state index is -0.669. The van der Waals surface area contributed by atoms with Crippen molar-refractivity contribution in [3.8, 4) is 0 Å². The van der Waals surface area contributed by atoms with Gasteiger partial charge in [-0.3, -0.25) is 9.69 Å². The number of amides is 2. The fourth-order valence-corrected chi connectivity index (χ4v) is 4.99. The number of hydrogen-bond acceptors (Lipinski definition) is 6. The summed E-state index contributed by atoms with van der Waals surface area (Å²) in [6, 6.07) is 12.2. The van der Waals surface area contributed by atoms with Gasteiger partial charge in [0.2, 0.25) is 5.91 Å². The van der Waals surface area contributed by atoms with E-state index in [1.165, 1.54) is 18.0 Å². The fraction of sp³-hybridized carbons (Fsp3) is 0.409. The van der Waals surface area contributed by atoms with Crippen molar-refractivity contribution >= 4 is 40.3 Å². The average molecular weight is 447 g/mol. The normalized spacial score (nSPS) is 18.3. The fourth-order valence-electron chi connectivity index (χ4n) is 3.34. The molecule has 1 saturated heterocycles. The summed E-state index contributed by atoms with van der Waals surface area (Å²) in [6.45, 7) is 6.07. The molecule has 3 rings (SSSR count). The minimum Gasteiger partial charge on any atom is -0.467 e. The average Bonchev–Trinajstić information content (AvgIpc) is 3.40. The third kappa shape index (κ3) is 5.23. The molecule has 0 radical (unpaired) electrons. The van der Waals surface area contributed by atoms with Crippen LogP contribution in [0, 0.1) is 11.8 Å². The number of furan rings is 1. The summed E-state index contributed by atoms with van der Waals surface area (Å²) in [6.07, 6.45) is 0.905. The number of alkyl carbamates (subject to hydrolysis) is 1. The maximum Gasteiger partial charge on any atom is 0.408 e. The first kappa shape index (κ1) is 22.4. The van der Waals surface area contributed by atoms with Gasteiger partial charge in [-0.1, -0.05) is 75.1 Å². The Morgan fingerprint density at radius 1 is 1.23 bits per heavy atom. The van der Waals surface area contributed by atoms with Gasteiger partial charge < -0.3 is 14.5 Å². The maximum absolute atomic E-state index is 13.4. The molecule has 2 aromatic rings. The van der Waals surface area contributed by atoms with E-state index in [1.54, 1.807) is 24.0 Å². The Bertz CT molecular complexity index is 871. The van der Waals surface area contributed by atoms with Crippen LogP contribution < -0.4 is 5.32 Å². The second-order valence-electron chi connectivity index (χ2n) is 7.58. The molecule has 0 unspecified atom stereocenters. The number of hydrogen-bond donors (Lipinski definition) is 1. The zero-order valence-electron chi connectivity index (χ0n) is 17.2. The predicted molar refractivity (Wildman–Crippen MR) is 121 cm³/mol. The van der Waals surface area contributed by atoms with Crippen LogP contribution in [0.15, 0.2) is 53.1 Å². The van der Waals surface area contributed by atoms with E-state index in [1.807, 2.05) is 30.3 Å². The highest BCUT2D eigenvalue weighted by atomic mass is 32.2. The summed E-state index contributed by atoms with van der Waals surface area (Å²) in [5, 5.41) is 2.80. The number of nitrogens with one attached hydrogen (secondary N) is 1. The molecule has 1 aliphatic heterocycles. The smallest absolute Gasteiger partial charge is 0.408 e. The molecular weight excluding hydrogens is 420 g/mol. The van der Waals surface area contributed by atoms with Crippen LogP contribution in [0.4, 0.5) is 4.79 Å². The summed E-state index contributed by atoms with van der Waals surface area (Å²) < 4.78 is 11.4. The third-order valence-corrected chi connectivity index (χ3v) is 6.64. The van der Waals surface area contributed by atoms with Crippen LogP contribution in [0.25, 0.3) is 0 Å². The lowest BCUT2D eigenvalue weighted by Crippen LogP contribution is -2.47. The van der Waals surface area contributed by atoms with Crippen LogP contribution in [0.3, 0.4) is 0 Å². The van der Waals surface area contributed by atoms with E-state index < -0.39 is 18.1 Å². The first-order valence-electron chi connectivity index (χ1n) is 9.89. The van der Waals surface area contributed by atoms with Crippen LogP contribution in [0.1, 0.15) is 38.1 Å². The Morgan fingerprint density at radius 2 is 1.97 bits per heavy atom. The van der Waals surface area contributed by atoms with Crippen molar-refractivity contribution < 1.29 is 18.7 Å². The highest BCUT2D eigenvalue weighted by Gasteiger charge is 2.41. The lowest BCUT2D eigenvalue weighted by molar-refractivity contribution is -0.133. The molecule has 0 spiro atoms. The van der Waals surface area contributed by atoms with Crippen molar-refractivity contribution in [1.82, 2.24) is 10.2 Å². The highest BCUT2D eigenvalue weighted by Crippen LogP contribution is 2.33. The molecule has 1 aromatic carbocycles. The number of carbonyl (C=O) groups is 2. The molecule has 0 bridgehead atoms. The van der Waals surface area contributed by atoms with Gasteiger partial charge >= 0.3 is 6.09 Å². The molecular formula is C22H26N2O4S2. The quantitative estimate of drug-likeness (QED) is 0.618. The molecule has 8 heteroatoms. The van der Waals surface area contributed by atoms with Crippen molar-refractivity contribution in [3.63, 3.8) is 0 Å². The lowest BCUT2D eigenvalue weighted by atomic mass is 9.96. The Hall–Kier alpha value is -2.32. The molecule has 1 N–H and O–H groups in total. The van der Waals surface area contributed by atoms with Crippen molar-refractivity contribution in [1.29, 1.82) is 0 Å². The van der Waals surface area contributed by atoms with E-state index >= 15 is 0 Å². The number of thioether (sulfide) groups is 1. The van der Waals surface area contributed by atoms with E-state index in [-0.39, 0.29) is 24.5 Å². The summed E-state index contributed by atoms with van der Waals surface area (Å²) in [7, 11) is 0. The topological polar surface area (TPSA) is 71.8 Å². The number of carbonyl (C=O) groups excluding carboxylic acids is 2. The van der Waals surface area contributed by atoms with Gasteiger partial charge in [-0.15, -0.1) is 0 Å². The minimum absolute atomic E-state index is 0.0414. The standard InChI is InChI=1S/C22H26N2O4S2/c1-14(2)17-13-30-22(29)24(17)20(25)15(3)19(18-10-7-11-27-18)23-21(26)28-12-16-8-5-4-6-9-16/h4-11,14-15,17,19H,12-13H2,1-3H3,(H,23,26)/t15-,17-,19-/m1/s1. The van der Waals surface area contributed by atoms with Crippen molar-refractivity contribution in [3.05, 3.63) is 60.1 Å². The van der Waals surface area contributed by atoms with Crippen molar-refractivity contribution in [2.45, 2.75) is 39.5 Å². The summed E-state index contributed by atoms with van der Waals surface area (Å²) in [5.41, 5.74) is 0.880. The van der Waals surface area contributed by atoms with Crippen LogP contribution in [0.2, 0.25) is 0 Å². The number of ether oxygens (including phenoxy) is 1. The summed E-state index contributed by atoms with van der Waals surface area (Å²) in [4.78, 5) is 27.5. The molecule has 1 aromatic heterocycles. The van der Waals surface area contributed by atoms with Gasteiger partial charge in [-0.2, -0.15) is 0 Å². The maximum atomic E-state index is 13.4. The zero-order chi connectivity index (χ0) is 21.7. The van der Waals surface area contributed by atoms with E-state index in [0.29, 0.717) is 10.1 Å². The highest BCUT2D eigenvalue weighted by molar-refractivity contribution is 8.23. The molecule has 0 aliphatic carbocycles. The second-order valence-corrected chi connectivity index (χ2v) is 9.24. The molecule has 160 valence electrons. The van der Waals surface area contributed by atoms with E-state index in [0.717, 1.165) is 11.3 Å². The molecule has 2 amide bonds. The van der Waals surface area contributed by atoms with Crippen molar-refractivity contribution in [2.24, 2.45) is 11.8 Å². The van der Waals surface area contributed by atoms with E-state index in [4.69, 9.17) is 21.4 Å². The molecule has 6 nitrogen and oxygen atoms in total. The van der Waals surface area contributed by atoms with Gasteiger partial charge in [0.15, 0.2) is 0 Å². The van der Waals surface area contributed by atoms with Crippen LogP contribution in [-0.2, 0) is 16.1 Å². The number of benzene rings is 1. The summed E-state index contributed by atoms with van der Waals surface area (Å²) >= 11 is 6.95. The first-order chi connectivity index (χ1) is 14.4. The van der Waals surface area contributed by atoms with Crippen LogP contribution in [0.5, 0.6) is 0 Å². The van der Waals surface area contributed by atoms with E-state index in [9.17, 15) is 9.59 Å². The third-order valence-electron chi connectivity index (χ3n) is 5.14. The largest absolute Gasteiger partial charge is 0.467 e. The van der Waals surface area contributed by atoms with Crippen LogP contribution >= 0.6 is 24.0 Å². The monoisotopic (exact) mass is 446 g/mol. The number of nitrogens with zero attached hydrogens (tertiary/aromatic N) is 1. The number of thiocarbonyl (C=S) groups is 1. The van der Waals surface area contributed by atoms with Gasteiger partial charge in [0.05, 0.1) is 12.2 Å². The number of rotatable bonds is 7. The Balaban J connectivity index is 1.72. The van der Waals surface area contributed by atoms with Crippen LogP contribution in [-0.4, -0.2) is 33.0 Å². The first-order valence-corrected chi connectivity index (χ1v) is 11.3. The van der Waals surface area contributed by atoms with Gasteiger partial charge in [0.1, 0.15) is 22.7 Å².